The molecule has 0 bridgehead atoms. The van der Waals surface area contributed by atoms with Gasteiger partial charge in [0.15, 0.2) is 0 Å². The lowest BCUT2D eigenvalue weighted by Crippen LogP contribution is -2.29. The Bertz CT molecular complexity index is 890. The lowest BCUT2D eigenvalue weighted by Gasteiger charge is -2.13. The molecular weight excluding hydrogens is 370 g/mol. The molecule has 0 spiro atoms. The molecule has 26 heavy (non-hydrogen) atoms. The molecule has 1 fully saturated rings. The van der Waals surface area contributed by atoms with Gasteiger partial charge >= 0.3 is 5.97 Å². The summed E-state index contributed by atoms with van der Waals surface area (Å²) in [5, 5.41) is 13.1. The number of carboxylic acids is 1. The number of carbonyl (C=O) groups is 2. The van der Waals surface area contributed by atoms with E-state index in [2.05, 4.69) is 5.10 Å². The van der Waals surface area contributed by atoms with Gasteiger partial charge in [-0.25, -0.2) is 4.68 Å². The molecule has 0 aliphatic carbocycles. The van der Waals surface area contributed by atoms with Crippen LogP contribution in [0.25, 0.3) is 11.8 Å². The lowest BCUT2D eigenvalue weighted by molar-refractivity contribution is -0.137. The Morgan fingerprint density at radius 3 is 2.77 bits per heavy atom. The van der Waals surface area contributed by atoms with Crippen molar-refractivity contribution in [2.45, 2.75) is 19.8 Å². The van der Waals surface area contributed by atoms with Crippen LogP contribution in [0, 0.1) is 6.92 Å². The number of aromatic nitrogens is 2. The number of hydrogen-bond donors (Lipinski definition) is 1. The van der Waals surface area contributed by atoms with E-state index in [1.165, 1.54) is 16.7 Å². The lowest BCUT2D eigenvalue weighted by atomic mass is 10.2. The number of carboxylic acid groups (broad SMARTS) is 1. The minimum Gasteiger partial charge on any atom is -0.481 e. The molecule has 1 saturated heterocycles. The summed E-state index contributed by atoms with van der Waals surface area (Å²) in [5.41, 5.74) is 2.72. The van der Waals surface area contributed by atoms with Crippen LogP contribution in [0.15, 0.2) is 41.4 Å². The molecule has 1 aromatic carbocycles. The highest BCUT2D eigenvalue weighted by Gasteiger charge is 2.31. The number of carbonyl (C=O) groups excluding carboxylic acids is 1. The molecular formula is C18H17N3O3S2. The molecule has 0 radical (unpaired) electrons. The standard InChI is InChI=1S/C18H17N3O3S2/c1-12-13(11-19-21(12)14-6-3-2-4-7-14)10-15-17(24)20(18(25)26-15)9-5-8-16(22)23/h2-4,6-7,10-11H,5,8-9H2,1H3,(H,22,23). The van der Waals surface area contributed by atoms with Crippen LogP contribution in [-0.2, 0) is 9.59 Å². The average Bonchev–Trinajstić information content (AvgIpc) is 3.10. The third-order valence-electron chi connectivity index (χ3n) is 3.98. The van der Waals surface area contributed by atoms with Gasteiger partial charge in [-0.3, -0.25) is 14.5 Å². The summed E-state index contributed by atoms with van der Waals surface area (Å²) in [6, 6.07) is 9.76. The van der Waals surface area contributed by atoms with Crippen LogP contribution >= 0.6 is 24.0 Å². The van der Waals surface area contributed by atoms with Gasteiger partial charge in [-0.2, -0.15) is 5.10 Å². The number of aliphatic carboxylic acids is 1. The van der Waals surface area contributed by atoms with Crippen molar-refractivity contribution in [3.05, 3.63) is 52.7 Å². The van der Waals surface area contributed by atoms with E-state index in [-0.39, 0.29) is 12.3 Å². The molecule has 6 nitrogen and oxygen atoms in total. The maximum Gasteiger partial charge on any atom is 0.303 e. The van der Waals surface area contributed by atoms with Crippen molar-refractivity contribution in [1.29, 1.82) is 0 Å². The highest BCUT2D eigenvalue weighted by molar-refractivity contribution is 8.26. The van der Waals surface area contributed by atoms with E-state index in [9.17, 15) is 9.59 Å². The van der Waals surface area contributed by atoms with Crippen molar-refractivity contribution in [2.75, 3.05) is 6.54 Å². The number of thioether (sulfide) groups is 1. The third-order valence-corrected chi connectivity index (χ3v) is 5.36. The summed E-state index contributed by atoms with van der Waals surface area (Å²) < 4.78 is 2.28. The van der Waals surface area contributed by atoms with E-state index < -0.39 is 5.97 Å². The molecule has 1 amide bonds. The first-order chi connectivity index (χ1) is 12.5. The van der Waals surface area contributed by atoms with Crippen molar-refractivity contribution in [2.24, 2.45) is 0 Å². The van der Waals surface area contributed by atoms with Crippen LogP contribution in [0.4, 0.5) is 0 Å². The number of rotatable bonds is 6. The molecule has 134 valence electrons. The number of para-hydroxylation sites is 1. The highest BCUT2D eigenvalue weighted by Crippen LogP contribution is 2.33. The molecule has 3 rings (SSSR count). The van der Waals surface area contributed by atoms with E-state index in [1.807, 2.05) is 41.9 Å². The van der Waals surface area contributed by atoms with Gasteiger partial charge in [0, 0.05) is 24.2 Å². The van der Waals surface area contributed by atoms with Crippen molar-refractivity contribution < 1.29 is 14.7 Å². The van der Waals surface area contributed by atoms with Crippen molar-refractivity contribution in [3.63, 3.8) is 0 Å². The first kappa shape index (κ1) is 18.3. The molecule has 8 heteroatoms. The molecule has 1 aromatic heterocycles. The highest BCUT2D eigenvalue weighted by atomic mass is 32.2. The van der Waals surface area contributed by atoms with Crippen LogP contribution < -0.4 is 0 Å². The van der Waals surface area contributed by atoms with Gasteiger partial charge in [0.2, 0.25) is 0 Å². The van der Waals surface area contributed by atoms with Gasteiger partial charge in [-0.15, -0.1) is 0 Å². The van der Waals surface area contributed by atoms with E-state index in [1.54, 1.807) is 12.3 Å². The maximum atomic E-state index is 12.6. The number of nitrogens with zero attached hydrogens (tertiary/aromatic N) is 3. The molecule has 1 N–H and O–H groups in total. The summed E-state index contributed by atoms with van der Waals surface area (Å²) in [4.78, 5) is 25.2. The van der Waals surface area contributed by atoms with Crippen LogP contribution in [0.3, 0.4) is 0 Å². The topological polar surface area (TPSA) is 75.4 Å². The molecule has 0 atom stereocenters. The van der Waals surface area contributed by atoms with Crippen LogP contribution in [0.1, 0.15) is 24.1 Å². The fourth-order valence-corrected chi connectivity index (χ4v) is 3.92. The van der Waals surface area contributed by atoms with Crippen LogP contribution in [0.5, 0.6) is 0 Å². The van der Waals surface area contributed by atoms with Crippen molar-refractivity contribution in [3.8, 4) is 5.69 Å². The molecule has 2 heterocycles. The zero-order valence-electron chi connectivity index (χ0n) is 14.1. The fraction of sp³-hybridized carbons (Fsp3) is 0.222. The van der Waals surface area contributed by atoms with Crippen molar-refractivity contribution >= 4 is 46.3 Å². The second kappa shape index (κ2) is 7.84. The number of amides is 1. The van der Waals surface area contributed by atoms with Crippen molar-refractivity contribution in [1.82, 2.24) is 14.7 Å². The SMILES string of the molecule is Cc1c(C=C2SC(=S)N(CCCC(=O)O)C2=O)cnn1-c1ccccc1. The zero-order chi connectivity index (χ0) is 18.7. The van der Waals surface area contributed by atoms with E-state index in [0.29, 0.717) is 22.2 Å². The van der Waals surface area contributed by atoms with Gasteiger partial charge in [-0.05, 0) is 31.6 Å². The summed E-state index contributed by atoms with van der Waals surface area (Å²) in [5.74, 6) is -1.06. The fourth-order valence-electron chi connectivity index (χ4n) is 2.62. The Hall–Kier alpha value is -2.45. The van der Waals surface area contributed by atoms with E-state index in [0.717, 1.165) is 16.9 Å². The second-order valence-electron chi connectivity index (χ2n) is 5.76. The second-order valence-corrected chi connectivity index (χ2v) is 7.44. The van der Waals surface area contributed by atoms with Gasteiger partial charge in [0.25, 0.3) is 5.91 Å². The molecule has 2 aromatic rings. The number of hydrogen-bond acceptors (Lipinski definition) is 5. The minimum absolute atomic E-state index is 0.0130. The number of benzene rings is 1. The molecule has 1 aliphatic rings. The number of thiocarbonyl (C=S) groups is 1. The molecule has 0 saturated carbocycles. The average molecular weight is 387 g/mol. The summed E-state index contributed by atoms with van der Waals surface area (Å²) in [6.07, 6.45) is 3.90. The zero-order valence-corrected chi connectivity index (χ0v) is 15.7. The third kappa shape index (κ3) is 3.86. The van der Waals surface area contributed by atoms with E-state index in [4.69, 9.17) is 17.3 Å². The first-order valence-corrected chi connectivity index (χ1v) is 9.27. The van der Waals surface area contributed by atoms with Gasteiger partial charge in [-0.1, -0.05) is 42.2 Å². The van der Waals surface area contributed by atoms with Gasteiger partial charge < -0.3 is 5.11 Å². The summed E-state index contributed by atoms with van der Waals surface area (Å²) in [6.45, 7) is 2.26. The van der Waals surface area contributed by atoms with Crippen LogP contribution in [-0.4, -0.2) is 42.5 Å². The van der Waals surface area contributed by atoms with Crippen LogP contribution in [0.2, 0.25) is 0 Å². The largest absolute Gasteiger partial charge is 0.481 e. The molecule has 1 aliphatic heterocycles. The Labute approximate surface area is 160 Å². The smallest absolute Gasteiger partial charge is 0.303 e. The predicted octanol–water partition coefficient (Wildman–Crippen LogP) is 3.25. The predicted molar refractivity (Wildman–Crippen MR) is 105 cm³/mol. The Kier molecular flexibility index (Phi) is 5.53. The Morgan fingerprint density at radius 1 is 1.35 bits per heavy atom. The van der Waals surface area contributed by atoms with E-state index >= 15 is 0 Å². The monoisotopic (exact) mass is 387 g/mol. The maximum absolute atomic E-state index is 12.6. The quantitative estimate of drug-likeness (QED) is 0.606. The van der Waals surface area contributed by atoms with Gasteiger partial charge in [0.1, 0.15) is 4.32 Å². The van der Waals surface area contributed by atoms with Gasteiger partial charge in [0.05, 0.1) is 16.8 Å². The normalized spacial score (nSPS) is 15.9. The molecule has 0 unspecified atom stereocenters. The summed E-state index contributed by atoms with van der Waals surface area (Å²) in [7, 11) is 0. The minimum atomic E-state index is -0.880. The first-order valence-electron chi connectivity index (χ1n) is 8.04. The Morgan fingerprint density at radius 2 is 2.08 bits per heavy atom. The summed E-state index contributed by atoms with van der Waals surface area (Å²) >= 11 is 6.50. The Balaban J connectivity index is 1.78.